The van der Waals surface area contributed by atoms with Gasteiger partial charge >= 0.3 is 6.18 Å². The van der Waals surface area contributed by atoms with Gasteiger partial charge in [0.25, 0.3) is 5.91 Å². The third kappa shape index (κ3) is 3.65. The van der Waals surface area contributed by atoms with Crippen molar-refractivity contribution in [2.75, 3.05) is 9.96 Å². The molecule has 3 atom stereocenters. The average Bonchev–Trinajstić information content (AvgIpc) is 3.31. The smallest absolute Gasteiger partial charge is 0.273 e. The second-order valence-electron chi connectivity index (χ2n) is 7.77. The summed E-state index contributed by atoms with van der Waals surface area (Å²) in [6.45, 7) is 0. The lowest BCUT2D eigenvalue weighted by molar-refractivity contribution is -0.137. The molecule has 2 heterocycles. The normalized spacial score (nSPS) is 22.7. The maximum absolute atomic E-state index is 13.5. The zero-order valence-corrected chi connectivity index (χ0v) is 17.6. The summed E-state index contributed by atoms with van der Waals surface area (Å²) < 4.78 is 40.2. The number of benzene rings is 3. The van der Waals surface area contributed by atoms with Gasteiger partial charge in [0.2, 0.25) is 5.91 Å². The Labute approximate surface area is 191 Å². The van der Waals surface area contributed by atoms with Crippen LogP contribution in [0.3, 0.4) is 0 Å². The van der Waals surface area contributed by atoms with Gasteiger partial charge in [0.1, 0.15) is 5.92 Å². The number of anilines is 2. The van der Waals surface area contributed by atoms with Crippen molar-refractivity contribution in [3.63, 3.8) is 0 Å². The second-order valence-corrected chi connectivity index (χ2v) is 8.21. The molecule has 2 aliphatic heterocycles. The van der Waals surface area contributed by atoms with Crippen LogP contribution in [0.1, 0.15) is 17.2 Å². The van der Waals surface area contributed by atoms with E-state index in [1.807, 2.05) is 0 Å². The fourth-order valence-corrected chi connectivity index (χ4v) is 4.42. The van der Waals surface area contributed by atoms with Crippen LogP contribution in [0.25, 0.3) is 0 Å². The minimum absolute atomic E-state index is 0.222. The monoisotopic (exact) mass is 472 g/mol. The Morgan fingerprint density at radius 2 is 1.52 bits per heavy atom. The number of hydrogen-bond acceptors (Lipinski definition) is 4. The predicted molar refractivity (Wildman–Crippen MR) is 115 cm³/mol. The van der Waals surface area contributed by atoms with Gasteiger partial charge in [0.05, 0.1) is 23.0 Å². The van der Waals surface area contributed by atoms with E-state index in [4.69, 9.17) is 16.4 Å². The number of para-hydroxylation sites is 1. The number of fused-ring (bicyclic) bond motifs is 1. The Balaban J connectivity index is 1.60. The number of carbonyl (C=O) groups excluding carboxylic acids is 2. The summed E-state index contributed by atoms with van der Waals surface area (Å²) in [5.74, 6) is -2.16. The lowest BCUT2D eigenvalue weighted by atomic mass is 9.89. The zero-order chi connectivity index (χ0) is 23.3. The molecule has 3 aromatic carbocycles. The first kappa shape index (κ1) is 21.5. The van der Waals surface area contributed by atoms with Crippen LogP contribution < -0.4 is 9.96 Å². The molecule has 33 heavy (non-hydrogen) atoms. The first-order valence-electron chi connectivity index (χ1n) is 10.1. The van der Waals surface area contributed by atoms with Crippen LogP contribution in [-0.2, 0) is 20.6 Å². The molecule has 0 aromatic heterocycles. The lowest BCUT2D eigenvalue weighted by Gasteiger charge is -2.29. The Hall–Kier alpha value is -3.36. The maximum Gasteiger partial charge on any atom is 0.416 e. The van der Waals surface area contributed by atoms with Crippen molar-refractivity contribution in [2.45, 2.75) is 18.3 Å². The lowest BCUT2D eigenvalue weighted by Crippen LogP contribution is -2.37. The summed E-state index contributed by atoms with van der Waals surface area (Å²) in [5, 5.41) is 1.80. The molecule has 2 amide bonds. The Morgan fingerprint density at radius 1 is 0.818 bits per heavy atom. The number of hydrogen-bond donors (Lipinski definition) is 0. The molecule has 9 heteroatoms. The number of carbonyl (C=O) groups is 2. The van der Waals surface area contributed by atoms with Crippen LogP contribution in [0.2, 0.25) is 5.02 Å². The first-order valence-corrected chi connectivity index (χ1v) is 10.4. The molecular formula is C24H16ClF3N2O3. The SMILES string of the molecule is O=C1[C@H]2[C@H](ON(c3ccccc3)[C@H]2c2cccc(C(F)(F)F)c2)C(=O)N1c1ccc(Cl)cc1. The van der Waals surface area contributed by atoms with Crippen molar-refractivity contribution in [3.8, 4) is 0 Å². The van der Waals surface area contributed by atoms with Crippen molar-refractivity contribution in [1.82, 2.24) is 0 Å². The Morgan fingerprint density at radius 3 is 2.18 bits per heavy atom. The highest BCUT2D eigenvalue weighted by molar-refractivity contribution is 6.31. The van der Waals surface area contributed by atoms with Gasteiger partial charge in [-0.15, -0.1) is 0 Å². The summed E-state index contributed by atoms with van der Waals surface area (Å²) in [7, 11) is 0. The second kappa shape index (κ2) is 7.90. The summed E-state index contributed by atoms with van der Waals surface area (Å²) >= 11 is 5.92. The van der Waals surface area contributed by atoms with Crippen molar-refractivity contribution >= 4 is 34.8 Å². The van der Waals surface area contributed by atoms with Crippen LogP contribution in [0, 0.1) is 5.92 Å². The van der Waals surface area contributed by atoms with Crippen molar-refractivity contribution in [3.05, 3.63) is 95.0 Å². The van der Waals surface area contributed by atoms with Crippen LogP contribution >= 0.6 is 11.6 Å². The molecule has 2 saturated heterocycles. The fourth-order valence-electron chi connectivity index (χ4n) is 4.30. The van der Waals surface area contributed by atoms with E-state index in [2.05, 4.69) is 0 Å². The highest BCUT2D eigenvalue weighted by atomic mass is 35.5. The van der Waals surface area contributed by atoms with Crippen LogP contribution in [0.15, 0.2) is 78.9 Å². The highest BCUT2D eigenvalue weighted by Crippen LogP contribution is 2.48. The zero-order valence-electron chi connectivity index (χ0n) is 16.9. The molecule has 5 rings (SSSR count). The molecule has 0 bridgehead atoms. The molecule has 0 N–H and O–H groups in total. The van der Waals surface area contributed by atoms with Gasteiger partial charge in [0.15, 0.2) is 6.10 Å². The largest absolute Gasteiger partial charge is 0.416 e. The van der Waals surface area contributed by atoms with Crippen LogP contribution in [0.4, 0.5) is 24.5 Å². The van der Waals surface area contributed by atoms with Gasteiger partial charge in [-0.3, -0.25) is 14.4 Å². The van der Waals surface area contributed by atoms with E-state index in [9.17, 15) is 22.8 Å². The van der Waals surface area contributed by atoms with E-state index in [1.165, 1.54) is 29.3 Å². The summed E-state index contributed by atoms with van der Waals surface area (Å²) in [6, 6.07) is 18.6. The van der Waals surface area contributed by atoms with Gasteiger partial charge < -0.3 is 0 Å². The van der Waals surface area contributed by atoms with Crippen LogP contribution in [-0.4, -0.2) is 17.9 Å². The van der Waals surface area contributed by atoms with Gasteiger partial charge in [0, 0.05) is 5.02 Å². The van der Waals surface area contributed by atoms with Gasteiger partial charge in [-0.1, -0.05) is 41.9 Å². The van der Waals surface area contributed by atoms with Gasteiger partial charge in [-0.2, -0.15) is 13.2 Å². The topological polar surface area (TPSA) is 49.9 Å². The van der Waals surface area contributed by atoms with Crippen LogP contribution in [0.5, 0.6) is 0 Å². The molecule has 0 aliphatic carbocycles. The third-order valence-electron chi connectivity index (χ3n) is 5.77. The van der Waals surface area contributed by atoms with E-state index in [0.717, 1.165) is 17.0 Å². The number of hydroxylamine groups is 1. The molecule has 3 aromatic rings. The molecule has 0 unspecified atom stereocenters. The van der Waals surface area contributed by atoms with E-state index in [0.29, 0.717) is 16.4 Å². The fraction of sp³-hybridized carbons (Fsp3) is 0.167. The molecule has 2 aliphatic rings. The minimum Gasteiger partial charge on any atom is -0.273 e. The number of amides is 2. The summed E-state index contributed by atoms with van der Waals surface area (Å²) in [6.07, 6.45) is -5.73. The molecule has 168 valence electrons. The summed E-state index contributed by atoms with van der Waals surface area (Å²) in [4.78, 5) is 33.6. The molecule has 2 fully saturated rings. The first-order chi connectivity index (χ1) is 15.8. The number of rotatable bonds is 3. The minimum atomic E-state index is -4.56. The number of nitrogens with zero attached hydrogens (tertiary/aromatic N) is 2. The molecule has 5 nitrogen and oxygen atoms in total. The maximum atomic E-state index is 13.5. The van der Waals surface area contributed by atoms with Gasteiger partial charge in [-0.25, -0.2) is 9.96 Å². The summed E-state index contributed by atoms with van der Waals surface area (Å²) in [5.41, 5.74) is 0.220. The predicted octanol–water partition coefficient (Wildman–Crippen LogP) is 5.41. The van der Waals surface area contributed by atoms with Crippen molar-refractivity contribution < 1.29 is 27.6 Å². The molecule has 0 radical (unpaired) electrons. The van der Waals surface area contributed by atoms with E-state index >= 15 is 0 Å². The Bertz CT molecular complexity index is 1220. The quantitative estimate of drug-likeness (QED) is 0.478. The number of halogens is 4. The Kier molecular flexibility index (Phi) is 5.14. The molecule has 0 spiro atoms. The number of imide groups is 1. The van der Waals surface area contributed by atoms with E-state index in [1.54, 1.807) is 42.5 Å². The third-order valence-corrected chi connectivity index (χ3v) is 6.02. The van der Waals surface area contributed by atoms with E-state index < -0.39 is 41.6 Å². The molecular weight excluding hydrogens is 457 g/mol. The van der Waals surface area contributed by atoms with Gasteiger partial charge in [-0.05, 0) is 54.1 Å². The average molecular weight is 473 g/mol. The molecule has 0 saturated carbocycles. The standard InChI is InChI=1S/C24H16ClF3N2O3/c25-16-9-11-17(12-10-16)29-22(31)19-20(14-5-4-6-15(13-14)24(26,27)28)30(33-21(19)23(29)32)18-7-2-1-3-8-18/h1-13,19-21H/t19-,20+,21+/m1/s1. The van der Waals surface area contributed by atoms with Crippen molar-refractivity contribution in [2.24, 2.45) is 5.92 Å². The highest BCUT2D eigenvalue weighted by Gasteiger charge is 2.60. The van der Waals surface area contributed by atoms with Crippen molar-refractivity contribution in [1.29, 1.82) is 0 Å². The van der Waals surface area contributed by atoms with E-state index in [-0.39, 0.29) is 5.56 Å². The number of alkyl halides is 3.